The first-order valence-electron chi connectivity index (χ1n) is 6.42. The Morgan fingerprint density at radius 2 is 1.52 bits per heavy atom. The number of nitrogens with zero attached hydrogens (tertiary/aromatic N) is 1. The van der Waals surface area contributed by atoms with Gasteiger partial charge in [0.05, 0.1) is 6.10 Å². The number of hydrogen-bond donors (Lipinski definition) is 0. The van der Waals surface area contributed by atoms with E-state index in [-0.39, 0.29) is 25.9 Å². The molecule has 0 N–H and O–H groups in total. The Labute approximate surface area is 119 Å². The zero-order valence-electron chi connectivity index (χ0n) is 12.0. The number of hydrogen-bond acceptors (Lipinski definition) is 3. The molecule has 0 saturated carbocycles. The highest BCUT2D eigenvalue weighted by atomic mass is 19.4. The molecule has 0 spiro atoms. The first-order chi connectivity index (χ1) is 9.32. The van der Waals surface area contributed by atoms with Crippen molar-refractivity contribution in [1.29, 1.82) is 0 Å². The van der Waals surface area contributed by atoms with Crippen molar-refractivity contribution in [3.63, 3.8) is 0 Å². The van der Waals surface area contributed by atoms with Gasteiger partial charge in [-0.25, -0.2) is 4.79 Å². The molecule has 1 heterocycles. The van der Waals surface area contributed by atoms with Crippen LogP contribution in [0.15, 0.2) is 0 Å². The lowest BCUT2D eigenvalue weighted by atomic mass is 10.1. The van der Waals surface area contributed by atoms with E-state index in [1.165, 1.54) is 4.90 Å². The monoisotopic (exact) mass is 319 g/mol. The van der Waals surface area contributed by atoms with Crippen LogP contribution in [0.25, 0.3) is 0 Å². The largest absolute Gasteiger partial charge is 0.482 e. The van der Waals surface area contributed by atoms with Crippen molar-refractivity contribution in [2.45, 2.75) is 57.6 Å². The van der Waals surface area contributed by atoms with Gasteiger partial charge in [-0.1, -0.05) is 0 Å². The van der Waals surface area contributed by atoms with Crippen molar-refractivity contribution in [2.24, 2.45) is 0 Å². The topological polar surface area (TPSA) is 38.8 Å². The van der Waals surface area contributed by atoms with Crippen molar-refractivity contribution in [3.8, 4) is 0 Å². The maximum Gasteiger partial charge on any atom is 0.482 e. The lowest BCUT2D eigenvalue weighted by Gasteiger charge is -2.34. The number of alkyl halides is 5. The van der Waals surface area contributed by atoms with Crippen molar-refractivity contribution in [1.82, 2.24) is 4.90 Å². The van der Waals surface area contributed by atoms with Crippen LogP contribution in [0, 0.1) is 0 Å². The van der Waals surface area contributed by atoms with Gasteiger partial charge in [0.25, 0.3) is 0 Å². The Kier molecular flexibility index (Phi) is 5.07. The van der Waals surface area contributed by atoms with E-state index < -0.39 is 30.1 Å². The summed E-state index contributed by atoms with van der Waals surface area (Å²) < 4.78 is 70.5. The Morgan fingerprint density at radius 1 is 1.05 bits per heavy atom. The molecule has 0 aromatic carbocycles. The third kappa shape index (κ3) is 5.29. The third-order valence-corrected chi connectivity index (χ3v) is 2.74. The van der Waals surface area contributed by atoms with Gasteiger partial charge in [0.2, 0.25) is 0 Å². The van der Waals surface area contributed by atoms with Crippen LogP contribution in [0.1, 0.15) is 33.6 Å². The Bertz CT molecular complexity index is 370. The average molecular weight is 319 g/mol. The van der Waals surface area contributed by atoms with Crippen molar-refractivity contribution >= 4 is 6.09 Å². The zero-order chi connectivity index (χ0) is 16.5. The van der Waals surface area contributed by atoms with Crippen LogP contribution < -0.4 is 0 Å². The molecule has 0 radical (unpaired) electrons. The summed E-state index contributed by atoms with van der Waals surface area (Å²) >= 11 is 0. The summed E-state index contributed by atoms with van der Waals surface area (Å²) in [6, 6.07) is 0. The minimum atomic E-state index is -5.74. The van der Waals surface area contributed by atoms with E-state index in [1.807, 2.05) is 0 Å². The SMILES string of the molecule is CC(C)(C)OC(=O)N1CCC(OC(F)(F)C(F)(F)F)CC1. The van der Waals surface area contributed by atoms with E-state index in [0.717, 1.165) is 0 Å². The van der Waals surface area contributed by atoms with Crippen LogP contribution in [-0.4, -0.2) is 48.1 Å². The highest BCUT2D eigenvalue weighted by Crippen LogP contribution is 2.38. The van der Waals surface area contributed by atoms with Gasteiger partial charge in [0.1, 0.15) is 5.60 Å². The second-order valence-corrected chi connectivity index (χ2v) is 5.80. The van der Waals surface area contributed by atoms with E-state index in [4.69, 9.17) is 4.74 Å². The fraction of sp³-hybridized carbons (Fsp3) is 0.917. The van der Waals surface area contributed by atoms with Crippen LogP contribution in [0.2, 0.25) is 0 Å². The minimum Gasteiger partial charge on any atom is -0.444 e. The number of piperidine rings is 1. The molecule has 1 aliphatic heterocycles. The highest BCUT2D eigenvalue weighted by molar-refractivity contribution is 5.68. The number of ether oxygens (including phenoxy) is 2. The molecule has 1 saturated heterocycles. The molecular formula is C12H18F5NO3. The number of amides is 1. The van der Waals surface area contributed by atoms with Gasteiger partial charge in [-0.2, -0.15) is 22.0 Å². The Morgan fingerprint density at radius 3 is 1.90 bits per heavy atom. The molecular weight excluding hydrogens is 301 g/mol. The molecule has 0 bridgehead atoms. The molecule has 0 aromatic rings. The molecule has 4 nitrogen and oxygen atoms in total. The fourth-order valence-corrected chi connectivity index (χ4v) is 1.76. The van der Waals surface area contributed by atoms with Crippen molar-refractivity contribution < 1.29 is 36.2 Å². The summed E-state index contributed by atoms with van der Waals surface area (Å²) in [5.74, 6) is 0. The average Bonchev–Trinajstić information content (AvgIpc) is 2.25. The van der Waals surface area contributed by atoms with Crippen molar-refractivity contribution in [3.05, 3.63) is 0 Å². The molecule has 1 aliphatic rings. The molecule has 1 amide bonds. The molecule has 21 heavy (non-hydrogen) atoms. The highest BCUT2D eigenvalue weighted by Gasteiger charge is 2.60. The number of carbonyl (C=O) groups excluding carboxylic acids is 1. The summed E-state index contributed by atoms with van der Waals surface area (Å²) in [5, 5.41) is 0. The Balaban J connectivity index is 2.48. The number of carbonyl (C=O) groups is 1. The van der Waals surface area contributed by atoms with E-state index in [0.29, 0.717) is 0 Å². The van der Waals surface area contributed by atoms with Gasteiger partial charge in [0.15, 0.2) is 0 Å². The van der Waals surface area contributed by atoms with Crippen LogP contribution >= 0.6 is 0 Å². The number of rotatable bonds is 2. The zero-order valence-corrected chi connectivity index (χ0v) is 12.0. The van der Waals surface area contributed by atoms with Gasteiger partial charge in [0, 0.05) is 13.1 Å². The second kappa shape index (κ2) is 5.94. The van der Waals surface area contributed by atoms with Crippen LogP contribution in [0.4, 0.5) is 26.7 Å². The van der Waals surface area contributed by atoms with Gasteiger partial charge in [-0.3, -0.25) is 0 Å². The van der Waals surface area contributed by atoms with E-state index >= 15 is 0 Å². The van der Waals surface area contributed by atoms with Crippen LogP contribution in [-0.2, 0) is 9.47 Å². The summed E-state index contributed by atoms with van der Waals surface area (Å²) in [6.07, 6.45) is -13.0. The molecule has 1 fully saturated rings. The molecule has 0 atom stereocenters. The first-order valence-corrected chi connectivity index (χ1v) is 6.42. The first kappa shape index (κ1) is 17.9. The maximum absolute atomic E-state index is 12.7. The molecule has 0 aromatic heterocycles. The Hall–Kier alpha value is -1.12. The number of halogens is 5. The molecule has 1 rings (SSSR count). The van der Waals surface area contributed by atoms with Crippen LogP contribution in [0.3, 0.4) is 0 Å². The van der Waals surface area contributed by atoms with Gasteiger partial charge in [-0.15, -0.1) is 0 Å². The second-order valence-electron chi connectivity index (χ2n) is 5.80. The van der Waals surface area contributed by atoms with Gasteiger partial charge in [-0.05, 0) is 33.6 Å². The lowest BCUT2D eigenvalue weighted by Crippen LogP contribution is -2.47. The molecule has 0 unspecified atom stereocenters. The quantitative estimate of drug-likeness (QED) is 0.731. The van der Waals surface area contributed by atoms with Gasteiger partial charge >= 0.3 is 18.4 Å². The van der Waals surface area contributed by atoms with E-state index in [2.05, 4.69) is 4.74 Å². The molecule has 9 heteroatoms. The molecule has 124 valence electrons. The fourth-order valence-electron chi connectivity index (χ4n) is 1.76. The number of likely N-dealkylation sites (tertiary alicyclic amines) is 1. The van der Waals surface area contributed by atoms with E-state index in [9.17, 15) is 26.7 Å². The predicted octanol–water partition coefficient (Wildman–Crippen LogP) is 3.56. The lowest BCUT2D eigenvalue weighted by molar-refractivity contribution is -0.403. The standard InChI is InChI=1S/C12H18F5NO3/c1-10(2,3)21-9(19)18-6-4-8(5-7-18)20-12(16,17)11(13,14)15/h8H,4-7H2,1-3H3. The van der Waals surface area contributed by atoms with E-state index in [1.54, 1.807) is 20.8 Å². The minimum absolute atomic E-state index is 0.00746. The summed E-state index contributed by atoms with van der Waals surface area (Å²) in [5.41, 5.74) is -0.701. The van der Waals surface area contributed by atoms with Crippen LogP contribution in [0.5, 0.6) is 0 Å². The summed E-state index contributed by atoms with van der Waals surface area (Å²) in [4.78, 5) is 13.0. The third-order valence-electron chi connectivity index (χ3n) is 2.74. The predicted molar refractivity (Wildman–Crippen MR) is 62.9 cm³/mol. The van der Waals surface area contributed by atoms with Crippen molar-refractivity contribution in [2.75, 3.05) is 13.1 Å². The summed E-state index contributed by atoms with van der Waals surface area (Å²) in [6.45, 7) is 5.03. The van der Waals surface area contributed by atoms with Gasteiger partial charge < -0.3 is 14.4 Å². The normalized spacial score (nSPS) is 18.8. The maximum atomic E-state index is 12.7. The molecule has 0 aliphatic carbocycles. The summed E-state index contributed by atoms with van der Waals surface area (Å²) in [7, 11) is 0. The smallest absolute Gasteiger partial charge is 0.444 e.